The lowest BCUT2D eigenvalue weighted by molar-refractivity contribution is -0.134. The molecule has 1 aliphatic heterocycles. The molecule has 112 valence electrons. The second kappa shape index (κ2) is 7.88. The minimum Gasteiger partial charge on any atom is -0.346 e. The molecule has 0 aromatic heterocycles. The maximum absolute atomic E-state index is 12.0. The number of nitrogens with zero attached hydrogens (tertiary/aromatic N) is 2. The zero-order chi connectivity index (χ0) is 15.1. The summed E-state index contributed by atoms with van der Waals surface area (Å²) in [5, 5.41) is 2.60. The van der Waals surface area contributed by atoms with Gasteiger partial charge in [-0.25, -0.2) is 0 Å². The zero-order valence-corrected chi connectivity index (χ0v) is 12.3. The van der Waals surface area contributed by atoms with E-state index in [1.54, 1.807) is 4.90 Å². The van der Waals surface area contributed by atoms with Crippen molar-refractivity contribution in [3.05, 3.63) is 0 Å². The number of terminal acetylenes is 1. The standard InChI is InChI=1S/C14H24N4O2/c1-4-5-17-6-8-18(9-7-17)12(19)10-16-14(20)13(15)11(2)3/h1,11,13H,5-10,15H2,2-3H3,(H,16,20)/t13-/m0/s1. The van der Waals surface area contributed by atoms with Crippen LogP contribution in [-0.2, 0) is 9.59 Å². The molecule has 0 unspecified atom stereocenters. The molecule has 0 spiro atoms. The van der Waals surface area contributed by atoms with Gasteiger partial charge in [-0.15, -0.1) is 6.42 Å². The maximum atomic E-state index is 12.0. The lowest BCUT2D eigenvalue weighted by Crippen LogP contribution is -2.52. The van der Waals surface area contributed by atoms with E-state index in [2.05, 4.69) is 16.1 Å². The largest absolute Gasteiger partial charge is 0.346 e. The number of hydrogen-bond donors (Lipinski definition) is 2. The second-order valence-corrected chi connectivity index (χ2v) is 5.35. The van der Waals surface area contributed by atoms with Gasteiger partial charge in [0.2, 0.25) is 11.8 Å². The van der Waals surface area contributed by atoms with Crippen molar-refractivity contribution in [2.75, 3.05) is 39.3 Å². The van der Waals surface area contributed by atoms with Crippen molar-refractivity contribution in [2.45, 2.75) is 19.9 Å². The molecule has 6 nitrogen and oxygen atoms in total. The molecule has 0 aromatic rings. The Hall–Kier alpha value is -1.58. The lowest BCUT2D eigenvalue weighted by atomic mass is 10.1. The van der Waals surface area contributed by atoms with Gasteiger partial charge in [0.05, 0.1) is 19.1 Å². The van der Waals surface area contributed by atoms with Gasteiger partial charge in [-0.2, -0.15) is 0 Å². The van der Waals surface area contributed by atoms with Crippen LogP contribution >= 0.6 is 0 Å². The van der Waals surface area contributed by atoms with Gasteiger partial charge >= 0.3 is 0 Å². The van der Waals surface area contributed by atoms with E-state index in [-0.39, 0.29) is 24.3 Å². The van der Waals surface area contributed by atoms with Crippen molar-refractivity contribution >= 4 is 11.8 Å². The summed E-state index contributed by atoms with van der Waals surface area (Å²) in [5.74, 6) is 2.30. The van der Waals surface area contributed by atoms with E-state index in [9.17, 15) is 9.59 Å². The molecule has 1 aliphatic rings. The number of nitrogens with two attached hydrogens (primary N) is 1. The number of carbonyl (C=O) groups excluding carboxylic acids is 2. The molecule has 1 heterocycles. The van der Waals surface area contributed by atoms with Gasteiger partial charge in [-0.05, 0) is 5.92 Å². The third kappa shape index (κ3) is 4.83. The highest BCUT2D eigenvalue weighted by molar-refractivity contribution is 5.87. The van der Waals surface area contributed by atoms with Crippen molar-refractivity contribution in [3.8, 4) is 12.3 Å². The van der Waals surface area contributed by atoms with Crippen molar-refractivity contribution in [1.29, 1.82) is 0 Å². The van der Waals surface area contributed by atoms with Crippen LogP contribution in [-0.4, -0.2) is 66.9 Å². The van der Waals surface area contributed by atoms with Crippen molar-refractivity contribution in [2.24, 2.45) is 11.7 Å². The van der Waals surface area contributed by atoms with Crippen LogP contribution < -0.4 is 11.1 Å². The van der Waals surface area contributed by atoms with Gasteiger partial charge in [-0.1, -0.05) is 19.8 Å². The van der Waals surface area contributed by atoms with Crippen LogP contribution in [0.5, 0.6) is 0 Å². The Morgan fingerprint density at radius 3 is 2.40 bits per heavy atom. The van der Waals surface area contributed by atoms with Crippen LogP contribution in [0.25, 0.3) is 0 Å². The number of nitrogens with one attached hydrogen (secondary N) is 1. The molecule has 0 radical (unpaired) electrons. The number of piperazine rings is 1. The van der Waals surface area contributed by atoms with Crippen LogP contribution in [0, 0.1) is 18.3 Å². The van der Waals surface area contributed by atoms with Crippen molar-refractivity contribution in [3.63, 3.8) is 0 Å². The van der Waals surface area contributed by atoms with Gasteiger partial charge in [0.25, 0.3) is 0 Å². The number of rotatable bonds is 5. The molecule has 3 N–H and O–H groups in total. The molecule has 1 atom stereocenters. The SMILES string of the molecule is C#CCN1CCN(C(=O)CNC(=O)[C@@H](N)C(C)C)CC1. The third-order valence-corrected chi connectivity index (χ3v) is 3.47. The first kappa shape index (κ1) is 16.5. The molecule has 0 aliphatic carbocycles. The second-order valence-electron chi connectivity index (χ2n) is 5.35. The van der Waals surface area contributed by atoms with E-state index in [1.807, 2.05) is 13.8 Å². The summed E-state index contributed by atoms with van der Waals surface area (Å²) < 4.78 is 0. The summed E-state index contributed by atoms with van der Waals surface area (Å²) in [6, 6.07) is -0.574. The predicted molar refractivity (Wildman–Crippen MR) is 77.7 cm³/mol. The van der Waals surface area contributed by atoms with E-state index in [0.717, 1.165) is 13.1 Å². The Balaban J connectivity index is 2.31. The van der Waals surface area contributed by atoms with Crippen molar-refractivity contribution in [1.82, 2.24) is 15.1 Å². The van der Waals surface area contributed by atoms with E-state index in [4.69, 9.17) is 12.2 Å². The molecular weight excluding hydrogens is 256 g/mol. The van der Waals surface area contributed by atoms with E-state index < -0.39 is 6.04 Å². The number of carbonyl (C=O) groups is 2. The summed E-state index contributed by atoms with van der Waals surface area (Å²) >= 11 is 0. The highest BCUT2D eigenvalue weighted by Gasteiger charge is 2.22. The Morgan fingerprint density at radius 2 is 1.90 bits per heavy atom. The smallest absolute Gasteiger partial charge is 0.242 e. The topological polar surface area (TPSA) is 78.7 Å². The molecule has 1 rings (SSSR count). The Bertz CT molecular complexity index is 381. The van der Waals surface area contributed by atoms with Crippen LogP contribution in [0.15, 0.2) is 0 Å². The van der Waals surface area contributed by atoms with Gasteiger partial charge in [0, 0.05) is 26.2 Å². The van der Waals surface area contributed by atoms with E-state index >= 15 is 0 Å². The first-order chi connectivity index (χ1) is 9.45. The monoisotopic (exact) mass is 280 g/mol. The third-order valence-electron chi connectivity index (χ3n) is 3.47. The molecule has 0 saturated carbocycles. The Morgan fingerprint density at radius 1 is 1.30 bits per heavy atom. The molecule has 1 fully saturated rings. The maximum Gasteiger partial charge on any atom is 0.242 e. The fraction of sp³-hybridized carbons (Fsp3) is 0.714. The van der Waals surface area contributed by atoms with Crippen molar-refractivity contribution < 1.29 is 9.59 Å². The zero-order valence-electron chi connectivity index (χ0n) is 12.3. The van der Waals surface area contributed by atoms with Gasteiger partial charge in [0.15, 0.2) is 0 Å². The average Bonchev–Trinajstić information content (AvgIpc) is 2.44. The van der Waals surface area contributed by atoms with Gasteiger partial charge in [0.1, 0.15) is 0 Å². The minimum atomic E-state index is -0.574. The summed E-state index contributed by atoms with van der Waals surface area (Å²) in [6.07, 6.45) is 5.26. The summed E-state index contributed by atoms with van der Waals surface area (Å²) in [6.45, 7) is 7.20. The quantitative estimate of drug-likeness (QED) is 0.624. The van der Waals surface area contributed by atoms with Gasteiger partial charge < -0.3 is 16.0 Å². The lowest BCUT2D eigenvalue weighted by Gasteiger charge is -2.33. The molecule has 6 heteroatoms. The minimum absolute atomic E-state index is 0.00833. The molecule has 1 saturated heterocycles. The average molecular weight is 280 g/mol. The fourth-order valence-electron chi connectivity index (χ4n) is 1.98. The Labute approximate surface area is 120 Å². The number of amides is 2. The summed E-state index contributed by atoms with van der Waals surface area (Å²) in [7, 11) is 0. The molecular formula is C14H24N4O2. The molecule has 0 bridgehead atoms. The molecule has 20 heavy (non-hydrogen) atoms. The highest BCUT2D eigenvalue weighted by Crippen LogP contribution is 2.02. The first-order valence-electron chi connectivity index (χ1n) is 6.92. The first-order valence-corrected chi connectivity index (χ1v) is 6.92. The predicted octanol–water partition coefficient (Wildman–Crippen LogP) is -1.14. The summed E-state index contributed by atoms with van der Waals surface area (Å²) in [5.41, 5.74) is 5.71. The van der Waals surface area contributed by atoms with Crippen LogP contribution in [0.1, 0.15) is 13.8 Å². The molecule has 2 amide bonds. The van der Waals surface area contributed by atoms with Crippen LogP contribution in [0.4, 0.5) is 0 Å². The van der Waals surface area contributed by atoms with Crippen LogP contribution in [0.3, 0.4) is 0 Å². The normalized spacial score (nSPS) is 17.6. The van der Waals surface area contributed by atoms with E-state index in [1.165, 1.54) is 0 Å². The summed E-state index contributed by atoms with van der Waals surface area (Å²) in [4.78, 5) is 27.5. The molecule has 0 aromatic carbocycles. The fourth-order valence-corrected chi connectivity index (χ4v) is 1.98. The van der Waals surface area contributed by atoms with Gasteiger partial charge in [-0.3, -0.25) is 14.5 Å². The van der Waals surface area contributed by atoms with Crippen LogP contribution in [0.2, 0.25) is 0 Å². The Kier molecular flexibility index (Phi) is 6.49. The highest BCUT2D eigenvalue weighted by atomic mass is 16.2. The number of hydrogen-bond acceptors (Lipinski definition) is 4. The van der Waals surface area contributed by atoms with E-state index in [0.29, 0.717) is 19.6 Å².